The SMILES string of the molecule is CN(Cc1ccsc1)C(=O)c1cc([N+](=O)[O-])ccc1N(C)C. The first kappa shape index (κ1) is 16.0. The molecule has 1 aromatic carbocycles. The number of hydrogen-bond acceptors (Lipinski definition) is 5. The summed E-state index contributed by atoms with van der Waals surface area (Å²) in [5.41, 5.74) is 1.94. The minimum absolute atomic E-state index is 0.0853. The minimum atomic E-state index is -0.491. The van der Waals surface area contributed by atoms with E-state index >= 15 is 0 Å². The van der Waals surface area contributed by atoms with Crippen molar-refractivity contribution in [3.8, 4) is 0 Å². The first-order valence-electron chi connectivity index (χ1n) is 6.62. The molecule has 22 heavy (non-hydrogen) atoms. The monoisotopic (exact) mass is 319 g/mol. The fourth-order valence-electron chi connectivity index (χ4n) is 2.13. The number of nitrogens with zero attached hydrogens (tertiary/aromatic N) is 3. The minimum Gasteiger partial charge on any atom is -0.377 e. The molecule has 116 valence electrons. The van der Waals surface area contributed by atoms with E-state index in [0.29, 0.717) is 17.8 Å². The maximum atomic E-state index is 12.7. The van der Waals surface area contributed by atoms with E-state index in [1.54, 1.807) is 48.3 Å². The molecule has 0 aliphatic heterocycles. The van der Waals surface area contributed by atoms with E-state index in [1.165, 1.54) is 12.1 Å². The van der Waals surface area contributed by atoms with Gasteiger partial charge in [0.2, 0.25) is 0 Å². The normalized spacial score (nSPS) is 10.3. The van der Waals surface area contributed by atoms with Crippen LogP contribution in [0.3, 0.4) is 0 Å². The molecule has 1 heterocycles. The van der Waals surface area contributed by atoms with E-state index in [0.717, 1.165) is 5.56 Å². The summed E-state index contributed by atoms with van der Waals surface area (Å²) in [5, 5.41) is 14.9. The number of nitro benzene ring substituents is 1. The van der Waals surface area contributed by atoms with Crippen LogP contribution in [0, 0.1) is 10.1 Å². The Balaban J connectivity index is 2.33. The zero-order valence-electron chi connectivity index (χ0n) is 12.6. The fraction of sp³-hybridized carbons (Fsp3) is 0.267. The number of carbonyl (C=O) groups excluding carboxylic acids is 1. The Hall–Kier alpha value is -2.41. The molecule has 6 nitrogen and oxygen atoms in total. The molecule has 2 rings (SSSR count). The number of hydrogen-bond donors (Lipinski definition) is 0. The summed E-state index contributed by atoms with van der Waals surface area (Å²) in [4.78, 5) is 26.4. The molecule has 0 atom stereocenters. The van der Waals surface area contributed by atoms with Crippen LogP contribution >= 0.6 is 11.3 Å². The van der Waals surface area contributed by atoms with Crippen molar-refractivity contribution < 1.29 is 9.72 Å². The van der Waals surface area contributed by atoms with Gasteiger partial charge in [0.1, 0.15) is 0 Å². The van der Waals surface area contributed by atoms with Crippen molar-refractivity contribution >= 4 is 28.6 Å². The Morgan fingerprint density at radius 2 is 2.00 bits per heavy atom. The second-order valence-corrected chi connectivity index (χ2v) is 5.93. The van der Waals surface area contributed by atoms with Gasteiger partial charge < -0.3 is 9.80 Å². The summed E-state index contributed by atoms with van der Waals surface area (Å²) in [6.45, 7) is 0.470. The van der Waals surface area contributed by atoms with Crippen LogP contribution < -0.4 is 4.90 Å². The van der Waals surface area contributed by atoms with Crippen LogP contribution in [0.5, 0.6) is 0 Å². The highest BCUT2D eigenvalue weighted by Gasteiger charge is 2.21. The molecule has 1 aromatic heterocycles. The number of anilines is 1. The zero-order chi connectivity index (χ0) is 16.3. The lowest BCUT2D eigenvalue weighted by molar-refractivity contribution is -0.384. The number of carbonyl (C=O) groups is 1. The Morgan fingerprint density at radius 3 is 2.55 bits per heavy atom. The highest BCUT2D eigenvalue weighted by Crippen LogP contribution is 2.25. The fourth-order valence-corrected chi connectivity index (χ4v) is 2.79. The molecule has 0 fully saturated rings. The predicted molar refractivity (Wildman–Crippen MR) is 87.5 cm³/mol. The number of thiophene rings is 1. The Labute approximate surface area is 132 Å². The van der Waals surface area contributed by atoms with Crippen LogP contribution in [0.4, 0.5) is 11.4 Å². The molecule has 0 aliphatic carbocycles. The van der Waals surface area contributed by atoms with Crippen molar-refractivity contribution in [1.29, 1.82) is 0 Å². The Morgan fingerprint density at radius 1 is 1.27 bits per heavy atom. The van der Waals surface area contributed by atoms with E-state index in [4.69, 9.17) is 0 Å². The van der Waals surface area contributed by atoms with Crippen LogP contribution in [0.1, 0.15) is 15.9 Å². The third kappa shape index (κ3) is 3.43. The number of rotatable bonds is 5. The molecule has 0 saturated carbocycles. The van der Waals surface area contributed by atoms with Gasteiger partial charge in [-0.2, -0.15) is 11.3 Å². The predicted octanol–water partition coefficient (Wildman–Crippen LogP) is 2.99. The van der Waals surface area contributed by atoms with E-state index in [2.05, 4.69) is 0 Å². The standard InChI is InChI=1S/C15H17N3O3S/c1-16(2)14-5-4-12(18(20)21)8-13(14)15(19)17(3)9-11-6-7-22-10-11/h4-8,10H,9H2,1-3H3. The van der Waals surface area contributed by atoms with E-state index in [9.17, 15) is 14.9 Å². The molecule has 2 aromatic rings. The molecule has 0 saturated heterocycles. The molecule has 0 aliphatic rings. The van der Waals surface area contributed by atoms with Gasteiger partial charge in [-0.25, -0.2) is 0 Å². The van der Waals surface area contributed by atoms with Crippen LogP contribution in [0.15, 0.2) is 35.0 Å². The van der Waals surface area contributed by atoms with Gasteiger partial charge in [0.25, 0.3) is 11.6 Å². The van der Waals surface area contributed by atoms with Crippen molar-refractivity contribution in [1.82, 2.24) is 4.90 Å². The van der Waals surface area contributed by atoms with Crippen molar-refractivity contribution in [3.05, 3.63) is 56.3 Å². The van der Waals surface area contributed by atoms with E-state index in [1.807, 2.05) is 16.8 Å². The highest BCUT2D eigenvalue weighted by molar-refractivity contribution is 7.07. The molecular weight excluding hydrogens is 302 g/mol. The van der Waals surface area contributed by atoms with Gasteiger partial charge in [-0.15, -0.1) is 0 Å². The quantitative estimate of drug-likeness (QED) is 0.627. The van der Waals surface area contributed by atoms with E-state index in [-0.39, 0.29) is 11.6 Å². The number of non-ortho nitro benzene ring substituents is 1. The number of benzene rings is 1. The second kappa shape index (κ2) is 6.57. The zero-order valence-corrected chi connectivity index (χ0v) is 13.5. The topological polar surface area (TPSA) is 66.7 Å². The third-order valence-electron chi connectivity index (χ3n) is 3.25. The van der Waals surface area contributed by atoms with Crippen LogP contribution in [0.2, 0.25) is 0 Å². The van der Waals surface area contributed by atoms with Crippen molar-refractivity contribution in [2.45, 2.75) is 6.54 Å². The van der Waals surface area contributed by atoms with Gasteiger partial charge >= 0.3 is 0 Å². The molecular formula is C15H17N3O3S. The lowest BCUT2D eigenvalue weighted by Gasteiger charge is -2.21. The summed E-state index contributed by atoms with van der Waals surface area (Å²) < 4.78 is 0. The molecule has 0 spiro atoms. The van der Waals surface area contributed by atoms with Crippen molar-refractivity contribution in [2.24, 2.45) is 0 Å². The van der Waals surface area contributed by atoms with Crippen LogP contribution in [-0.2, 0) is 6.54 Å². The summed E-state index contributed by atoms with van der Waals surface area (Å²) in [7, 11) is 5.30. The lowest BCUT2D eigenvalue weighted by atomic mass is 10.1. The summed E-state index contributed by atoms with van der Waals surface area (Å²) in [5.74, 6) is -0.237. The lowest BCUT2D eigenvalue weighted by Crippen LogP contribution is -2.28. The molecule has 0 unspecified atom stereocenters. The maximum Gasteiger partial charge on any atom is 0.270 e. The molecule has 0 radical (unpaired) electrons. The van der Waals surface area contributed by atoms with Gasteiger partial charge in [-0.1, -0.05) is 0 Å². The maximum absolute atomic E-state index is 12.7. The second-order valence-electron chi connectivity index (χ2n) is 5.15. The Kier molecular flexibility index (Phi) is 4.77. The van der Waals surface area contributed by atoms with Crippen molar-refractivity contribution in [3.63, 3.8) is 0 Å². The molecule has 7 heteroatoms. The van der Waals surface area contributed by atoms with Gasteiger partial charge in [0.05, 0.1) is 10.5 Å². The third-order valence-corrected chi connectivity index (χ3v) is 3.98. The van der Waals surface area contributed by atoms with Crippen molar-refractivity contribution in [2.75, 3.05) is 26.0 Å². The molecule has 1 amide bonds. The van der Waals surface area contributed by atoms with E-state index < -0.39 is 4.92 Å². The summed E-state index contributed by atoms with van der Waals surface area (Å²) >= 11 is 1.57. The summed E-state index contributed by atoms with van der Waals surface area (Å²) in [6, 6.07) is 6.30. The summed E-state index contributed by atoms with van der Waals surface area (Å²) in [6.07, 6.45) is 0. The molecule has 0 bridgehead atoms. The number of nitro groups is 1. The number of amides is 1. The average Bonchev–Trinajstić information content (AvgIpc) is 2.98. The first-order valence-corrected chi connectivity index (χ1v) is 7.56. The van der Waals surface area contributed by atoms with Gasteiger partial charge in [-0.3, -0.25) is 14.9 Å². The Bertz CT molecular complexity index is 683. The highest BCUT2D eigenvalue weighted by atomic mass is 32.1. The van der Waals surface area contributed by atoms with Gasteiger partial charge in [0.15, 0.2) is 0 Å². The molecule has 0 N–H and O–H groups in total. The smallest absolute Gasteiger partial charge is 0.270 e. The first-order chi connectivity index (χ1) is 10.4. The average molecular weight is 319 g/mol. The van der Waals surface area contributed by atoms with Gasteiger partial charge in [0, 0.05) is 45.5 Å². The van der Waals surface area contributed by atoms with Crippen LogP contribution in [0.25, 0.3) is 0 Å². The largest absolute Gasteiger partial charge is 0.377 e. The van der Waals surface area contributed by atoms with Crippen LogP contribution in [-0.4, -0.2) is 36.9 Å². The van der Waals surface area contributed by atoms with Gasteiger partial charge in [-0.05, 0) is 28.5 Å².